The summed E-state index contributed by atoms with van der Waals surface area (Å²) in [7, 11) is 0. The molecule has 0 aliphatic rings. The minimum absolute atomic E-state index is 0.158. The van der Waals surface area contributed by atoms with Crippen LogP contribution in [0.1, 0.15) is 34.7 Å². The van der Waals surface area contributed by atoms with Gasteiger partial charge in [0.05, 0.1) is 6.04 Å². The lowest BCUT2D eigenvalue weighted by atomic mass is 10.1. The monoisotopic (exact) mass is 429 g/mol. The van der Waals surface area contributed by atoms with Crippen LogP contribution >= 0.6 is 11.8 Å². The van der Waals surface area contributed by atoms with Gasteiger partial charge in [0, 0.05) is 17.5 Å². The van der Waals surface area contributed by atoms with Crippen LogP contribution in [0.2, 0.25) is 0 Å². The molecule has 0 fully saturated rings. The number of carbonyl (C=O) groups is 1. The minimum Gasteiger partial charge on any atom is -0.431 e. The molecule has 0 bridgehead atoms. The highest BCUT2D eigenvalue weighted by Crippen LogP contribution is 2.27. The maximum absolute atomic E-state index is 13.0. The minimum atomic E-state index is -0.303. The van der Waals surface area contributed by atoms with E-state index in [1.54, 1.807) is 0 Å². The number of nitrogens with zero attached hydrogens (tertiary/aromatic N) is 4. The van der Waals surface area contributed by atoms with E-state index in [9.17, 15) is 4.79 Å². The summed E-state index contributed by atoms with van der Waals surface area (Å²) >= 11 is 1.47. The van der Waals surface area contributed by atoms with Gasteiger partial charge in [-0.2, -0.15) is 0 Å². The Morgan fingerprint density at radius 2 is 1.87 bits per heavy atom. The van der Waals surface area contributed by atoms with Crippen LogP contribution in [0, 0.1) is 0 Å². The van der Waals surface area contributed by atoms with E-state index in [2.05, 4.69) is 20.5 Å². The zero-order valence-corrected chi connectivity index (χ0v) is 17.5. The molecule has 5 aromatic rings. The predicted octanol–water partition coefficient (Wildman–Crippen LogP) is 4.65. The van der Waals surface area contributed by atoms with Gasteiger partial charge in [-0.1, -0.05) is 48.2 Å². The van der Waals surface area contributed by atoms with Crippen molar-refractivity contribution in [1.82, 2.24) is 24.9 Å². The van der Waals surface area contributed by atoms with Crippen molar-refractivity contribution in [2.45, 2.75) is 23.9 Å². The van der Waals surface area contributed by atoms with Gasteiger partial charge in [-0.25, -0.2) is 4.98 Å². The van der Waals surface area contributed by atoms with E-state index in [1.807, 2.05) is 84.3 Å². The number of para-hydroxylation sites is 2. The van der Waals surface area contributed by atoms with Crippen molar-refractivity contribution in [3.63, 3.8) is 0 Å². The molecule has 3 aromatic heterocycles. The largest absolute Gasteiger partial charge is 0.431 e. The third-order valence-electron chi connectivity index (χ3n) is 4.96. The molecule has 7 nitrogen and oxygen atoms in total. The highest BCUT2D eigenvalue weighted by molar-refractivity contribution is 7.98. The Bertz CT molecular complexity index is 1340. The summed E-state index contributed by atoms with van der Waals surface area (Å²) in [5, 5.41) is 12.0. The summed E-state index contributed by atoms with van der Waals surface area (Å²) in [6.07, 6.45) is 1.89. The highest BCUT2D eigenvalue weighted by atomic mass is 32.2. The Morgan fingerprint density at radius 1 is 1.06 bits per heavy atom. The number of thioether (sulfide) groups is 1. The van der Waals surface area contributed by atoms with Gasteiger partial charge in [-0.05, 0) is 42.8 Å². The van der Waals surface area contributed by atoms with Gasteiger partial charge in [0.1, 0.15) is 5.52 Å². The van der Waals surface area contributed by atoms with Gasteiger partial charge in [-0.15, -0.1) is 10.2 Å². The molecule has 31 heavy (non-hydrogen) atoms. The van der Waals surface area contributed by atoms with Crippen molar-refractivity contribution >= 4 is 34.4 Å². The molecule has 3 heterocycles. The third kappa shape index (κ3) is 3.89. The van der Waals surface area contributed by atoms with Gasteiger partial charge in [-0.3, -0.25) is 9.20 Å². The van der Waals surface area contributed by atoms with Crippen LogP contribution in [0.15, 0.2) is 82.6 Å². The van der Waals surface area contributed by atoms with Gasteiger partial charge >= 0.3 is 0 Å². The molecule has 154 valence electrons. The van der Waals surface area contributed by atoms with Crippen LogP contribution < -0.4 is 5.32 Å². The van der Waals surface area contributed by atoms with Crippen molar-refractivity contribution in [2.24, 2.45) is 0 Å². The highest BCUT2D eigenvalue weighted by Gasteiger charge is 2.19. The van der Waals surface area contributed by atoms with Gasteiger partial charge in [0.25, 0.3) is 11.1 Å². The van der Waals surface area contributed by atoms with Crippen LogP contribution in [0.25, 0.3) is 16.7 Å². The topological polar surface area (TPSA) is 85.3 Å². The van der Waals surface area contributed by atoms with E-state index in [0.717, 1.165) is 22.3 Å². The average Bonchev–Trinajstić information content (AvgIpc) is 3.41. The molecule has 1 atom stereocenters. The molecule has 0 aliphatic carbocycles. The zero-order chi connectivity index (χ0) is 21.2. The fourth-order valence-electron chi connectivity index (χ4n) is 3.41. The predicted molar refractivity (Wildman–Crippen MR) is 119 cm³/mol. The normalized spacial score (nSPS) is 12.3. The molecule has 0 saturated heterocycles. The standard InChI is InChI=1S/C23H19N5O2S/c1-15(21-27-26-20-12-6-7-13-28(20)21)24-22(29)17-9-3-2-8-16(17)14-31-23-25-18-10-4-5-11-19(18)30-23/h2-13,15H,14H2,1H3,(H,24,29). The molecular weight excluding hydrogens is 410 g/mol. The first-order valence-electron chi connectivity index (χ1n) is 9.86. The number of amides is 1. The molecule has 8 heteroatoms. The summed E-state index contributed by atoms with van der Waals surface area (Å²) in [6.45, 7) is 1.90. The fourth-order valence-corrected chi connectivity index (χ4v) is 4.26. The van der Waals surface area contributed by atoms with Crippen LogP contribution in [-0.2, 0) is 5.75 Å². The number of nitrogens with one attached hydrogen (secondary N) is 1. The number of carbonyl (C=O) groups excluding carboxylic acids is 1. The molecule has 0 saturated carbocycles. The molecule has 0 radical (unpaired) electrons. The number of benzene rings is 2. The Hall–Kier alpha value is -3.65. The van der Waals surface area contributed by atoms with E-state index >= 15 is 0 Å². The summed E-state index contributed by atoms with van der Waals surface area (Å²) in [6, 6.07) is 20.6. The first-order chi connectivity index (χ1) is 15.2. The van der Waals surface area contributed by atoms with Crippen LogP contribution in [0.5, 0.6) is 0 Å². The summed E-state index contributed by atoms with van der Waals surface area (Å²) in [5.74, 6) is 1.09. The number of pyridine rings is 1. The van der Waals surface area contributed by atoms with Crippen molar-refractivity contribution < 1.29 is 9.21 Å². The SMILES string of the molecule is CC(NC(=O)c1ccccc1CSc1nc2ccccc2o1)c1nnc2ccccn12. The second kappa shape index (κ2) is 8.23. The third-order valence-corrected chi connectivity index (χ3v) is 5.84. The molecular formula is C23H19N5O2S. The maximum atomic E-state index is 13.0. The van der Waals surface area contributed by atoms with Crippen LogP contribution in [-0.4, -0.2) is 25.5 Å². The van der Waals surface area contributed by atoms with Crippen molar-refractivity contribution in [3.05, 3.63) is 89.9 Å². The summed E-state index contributed by atoms with van der Waals surface area (Å²) in [5.41, 5.74) is 3.85. The number of fused-ring (bicyclic) bond motifs is 2. The number of hydrogen-bond acceptors (Lipinski definition) is 6. The summed E-state index contributed by atoms with van der Waals surface area (Å²) in [4.78, 5) is 17.5. The van der Waals surface area contributed by atoms with Crippen LogP contribution in [0.4, 0.5) is 0 Å². The lowest BCUT2D eigenvalue weighted by Gasteiger charge is -2.14. The summed E-state index contributed by atoms with van der Waals surface area (Å²) < 4.78 is 7.65. The number of hydrogen-bond donors (Lipinski definition) is 1. The molecule has 1 unspecified atom stereocenters. The second-order valence-corrected chi connectivity index (χ2v) is 8.00. The van der Waals surface area contributed by atoms with E-state index in [4.69, 9.17) is 4.42 Å². The van der Waals surface area contributed by atoms with Gasteiger partial charge < -0.3 is 9.73 Å². The first-order valence-corrected chi connectivity index (χ1v) is 10.8. The van der Waals surface area contributed by atoms with E-state index < -0.39 is 0 Å². The molecule has 0 aliphatic heterocycles. The average molecular weight is 430 g/mol. The molecule has 5 rings (SSSR count). The maximum Gasteiger partial charge on any atom is 0.257 e. The Morgan fingerprint density at radius 3 is 2.77 bits per heavy atom. The van der Waals surface area contributed by atoms with Crippen molar-refractivity contribution in [1.29, 1.82) is 0 Å². The fraction of sp³-hybridized carbons (Fsp3) is 0.130. The molecule has 1 N–H and O–H groups in total. The zero-order valence-electron chi connectivity index (χ0n) is 16.7. The Kier molecular flexibility index (Phi) is 5.13. The lowest BCUT2D eigenvalue weighted by Crippen LogP contribution is -2.28. The van der Waals surface area contributed by atoms with E-state index in [-0.39, 0.29) is 11.9 Å². The number of rotatable bonds is 6. The first kappa shape index (κ1) is 19.3. The van der Waals surface area contributed by atoms with Gasteiger partial charge in [0.2, 0.25) is 0 Å². The molecule has 2 aromatic carbocycles. The number of aromatic nitrogens is 4. The van der Waals surface area contributed by atoms with Crippen molar-refractivity contribution in [2.75, 3.05) is 0 Å². The molecule has 1 amide bonds. The van der Waals surface area contributed by atoms with Crippen LogP contribution in [0.3, 0.4) is 0 Å². The Labute approximate surface area is 182 Å². The van der Waals surface area contributed by atoms with Crippen molar-refractivity contribution in [3.8, 4) is 0 Å². The Balaban J connectivity index is 1.32. The lowest BCUT2D eigenvalue weighted by molar-refractivity contribution is 0.0937. The quantitative estimate of drug-likeness (QED) is 0.395. The smallest absolute Gasteiger partial charge is 0.257 e. The number of oxazole rings is 1. The van der Waals surface area contributed by atoms with E-state index in [1.165, 1.54) is 11.8 Å². The van der Waals surface area contributed by atoms with E-state index in [0.29, 0.717) is 22.4 Å². The van der Waals surface area contributed by atoms with Gasteiger partial charge in [0.15, 0.2) is 17.1 Å². The molecule has 0 spiro atoms. The second-order valence-electron chi connectivity index (χ2n) is 7.08.